The fourth-order valence-electron chi connectivity index (χ4n) is 2.72. The van der Waals surface area contributed by atoms with E-state index in [1.165, 1.54) is 5.56 Å². The summed E-state index contributed by atoms with van der Waals surface area (Å²) in [5.74, 6) is 1.04. The SMILES string of the molecule is Cc1cc(C(N)c2ccccc2)cnc1N1CCOCC1. The Morgan fingerprint density at radius 1 is 1.14 bits per heavy atom. The van der Waals surface area contributed by atoms with Gasteiger partial charge >= 0.3 is 0 Å². The first-order valence-corrected chi connectivity index (χ1v) is 7.35. The molecule has 2 heterocycles. The topological polar surface area (TPSA) is 51.4 Å². The summed E-state index contributed by atoms with van der Waals surface area (Å²) >= 11 is 0. The molecule has 1 saturated heterocycles. The fraction of sp³-hybridized carbons (Fsp3) is 0.353. The number of pyridine rings is 1. The molecule has 1 aliphatic rings. The molecule has 21 heavy (non-hydrogen) atoms. The van der Waals surface area contributed by atoms with E-state index in [-0.39, 0.29) is 6.04 Å². The molecule has 3 rings (SSSR count). The summed E-state index contributed by atoms with van der Waals surface area (Å²) in [6, 6.07) is 12.1. The van der Waals surface area contributed by atoms with Crippen molar-refractivity contribution in [2.75, 3.05) is 31.2 Å². The van der Waals surface area contributed by atoms with Crippen molar-refractivity contribution in [1.82, 2.24) is 4.98 Å². The molecule has 0 saturated carbocycles. The second kappa shape index (κ2) is 6.24. The first-order valence-electron chi connectivity index (χ1n) is 7.35. The van der Waals surface area contributed by atoms with Crippen molar-refractivity contribution >= 4 is 5.82 Å². The van der Waals surface area contributed by atoms with Gasteiger partial charge in [0.1, 0.15) is 5.82 Å². The predicted molar refractivity (Wildman–Crippen MR) is 84.5 cm³/mol. The zero-order valence-corrected chi connectivity index (χ0v) is 12.3. The minimum Gasteiger partial charge on any atom is -0.378 e. The highest BCUT2D eigenvalue weighted by molar-refractivity contribution is 5.49. The normalized spacial score (nSPS) is 16.8. The zero-order valence-electron chi connectivity index (χ0n) is 12.3. The lowest BCUT2D eigenvalue weighted by molar-refractivity contribution is 0.122. The summed E-state index contributed by atoms with van der Waals surface area (Å²) in [4.78, 5) is 6.91. The summed E-state index contributed by atoms with van der Waals surface area (Å²) in [6.45, 7) is 5.44. The third kappa shape index (κ3) is 3.06. The highest BCUT2D eigenvalue weighted by Crippen LogP contribution is 2.24. The van der Waals surface area contributed by atoms with Gasteiger partial charge in [0.25, 0.3) is 0 Å². The Morgan fingerprint density at radius 3 is 2.52 bits per heavy atom. The number of aryl methyl sites for hydroxylation is 1. The summed E-state index contributed by atoms with van der Waals surface area (Å²) in [5.41, 5.74) is 9.67. The van der Waals surface area contributed by atoms with Crippen LogP contribution >= 0.6 is 0 Å². The van der Waals surface area contributed by atoms with Gasteiger partial charge in [-0.2, -0.15) is 0 Å². The van der Waals surface area contributed by atoms with Crippen LogP contribution < -0.4 is 10.6 Å². The van der Waals surface area contributed by atoms with Crippen molar-refractivity contribution in [3.8, 4) is 0 Å². The third-order valence-electron chi connectivity index (χ3n) is 3.90. The van der Waals surface area contributed by atoms with Crippen molar-refractivity contribution < 1.29 is 4.74 Å². The third-order valence-corrected chi connectivity index (χ3v) is 3.90. The number of rotatable bonds is 3. The molecule has 2 N–H and O–H groups in total. The van der Waals surface area contributed by atoms with Crippen LogP contribution in [0.4, 0.5) is 5.82 Å². The van der Waals surface area contributed by atoms with Crippen LogP contribution in [0, 0.1) is 6.92 Å². The van der Waals surface area contributed by atoms with Crippen molar-refractivity contribution in [3.05, 3.63) is 59.3 Å². The molecule has 1 aromatic carbocycles. The molecule has 0 spiro atoms. The standard InChI is InChI=1S/C17H21N3O/c1-13-11-15(16(18)14-5-3-2-4-6-14)12-19-17(13)20-7-9-21-10-8-20/h2-6,11-12,16H,7-10,18H2,1H3. The number of nitrogens with zero attached hydrogens (tertiary/aromatic N) is 2. The van der Waals surface area contributed by atoms with Crippen molar-refractivity contribution in [2.45, 2.75) is 13.0 Å². The van der Waals surface area contributed by atoms with E-state index in [9.17, 15) is 0 Å². The average molecular weight is 283 g/mol. The van der Waals surface area contributed by atoms with Crippen LogP contribution in [0.1, 0.15) is 22.7 Å². The van der Waals surface area contributed by atoms with Gasteiger partial charge in [-0.1, -0.05) is 30.3 Å². The van der Waals surface area contributed by atoms with Crippen LogP contribution in [0.15, 0.2) is 42.6 Å². The maximum Gasteiger partial charge on any atom is 0.131 e. The highest BCUT2D eigenvalue weighted by atomic mass is 16.5. The lowest BCUT2D eigenvalue weighted by Crippen LogP contribution is -2.37. The van der Waals surface area contributed by atoms with E-state index in [1.807, 2.05) is 24.4 Å². The van der Waals surface area contributed by atoms with Crippen LogP contribution in [0.3, 0.4) is 0 Å². The molecule has 0 bridgehead atoms. The molecular formula is C17H21N3O. The first-order chi connectivity index (χ1) is 10.3. The van der Waals surface area contributed by atoms with Gasteiger partial charge in [-0.25, -0.2) is 4.98 Å². The van der Waals surface area contributed by atoms with E-state index in [1.54, 1.807) is 0 Å². The van der Waals surface area contributed by atoms with Crippen LogP contribution in [-0.2, 0) is 4.74 Å². The zero-order chi connectivity index (χ0) is 14.7. The number of nitrogens with two attached hydrogens (primary N) is 1. The fourth-order valence-corrected chi connectivity index (χ4v) is 2.72. The molecule has 110 valence electrons. The summed E-state index contributed by atoms with van der Waals surface area (Å²) in [7, 11) is 0. The Kier molecular flexibility index (Phi) is 4.18. The quantitative estimate of drug-likeness (QED) is 0.939. The second-order valence-electron chi connectivity index (χ2n) is 5.40. The van der Waals surface area contributed by atoms with E-state index in [2.05, 4.69) is 35.0 Å². The molecular weight excluding hydrogens is 262 g/mol. The van der Waals surface area contributed by atoms with E-state index in [0.29, 0.717) is 0 Å². The Labute approximate surface area is 125 Å². The number of hydrogen-bond acceptors (Lipinski definition) is 4. The van der Waals surface area contributed by atoms with Crippen molar-refractivity contribution in [2.24, 2.45) is 5.73 Å². The largest absolute Gasteiger partial charge is 0.378 e. The Hall–Kier alpha value is -1.91. The maximum atomic E-state index is 6.34. The summed E-state index contributed by atoms with van der Waals surface area (Å²) in [6.07, 6.45) is 1.90. The molecule has 1 atom stereocenters. The minimum atomic E-state index is -0.129. The molecule has 1 fully saturated rings. The molecule has 1 aliphatic heterocycles. The van der Waals surface area contributed by atoms with Gasteiger partial charge in [-0.05, 0) is 29.7 Å². The number of aromatic nitrogens is 1. The first kappa shape index (κ1) is 14.0. The lowest BCUT2D eigenvalue weighted by atomic mass is 10.00. The maximum absolute atomic E-state index is 6.34. The van der Waals surface area contributed by atoms with Gasteiger partial charge < -0.3 is 15.4 Å². The van der Waals surface area contributed by atoms with E-state index in [4.69, 9.17) is 10.5 Å². The molecule has 1 aromatic heterocycles. The molecule has 4 heteroatoms. The highest BCUT2D eigenvalue weighted by Gasteiger charge is 2.16. The number of hydrogen-bond donors (Lipinski definition) is 1. The Bertz CT molecular complexity index is 594. The Balaban J connectivity index is 1.83. The minimum absolute atomic E-state index is 0.129. The summed E-state index contributed by atoms with van der Waals surface area (Å²) in [5, 5.41) is 0. The van der Waals surface area contributed by atoms with Crippen molar-refractivity contribution in [3.63, 3.8) is 0 Å². The van der Waals surface area contributed by atoms with E-state index >= 15 is 0 Å². The molecule has 0 aliphatic carbocycles. The molecule has 4 nitrogen and oxygen atoms in total. The number of anilines is 1. The van der Waals surface area contributed by atoms with Crippen LogP contribution in [0.25, 0.3) is 0 Å². The van der Waals surface area contributed by atoms with Crippen LogP contribution in [-0.4, -0.2) is 31.3 Å². The van der Waals surface area contributed by atoms with Crippen molar-refractivity contribution in [1.29, 1.82) is 0 Å². The van der Waals surface area contributed by atoms with Gasteiger partial charge in [0.15, 0.2) is 0 Å². The van der Waals surface area contributed by atoms with E-state index in [0.717, 1.165) is 43.2 Å². The lowest BCUT2D eigenvalue weighted by Gasteiger charge is -2.29. The van der Waals surface area contributed by atoms with Gasteiger partial charge in [-0.15, -0.1) is 0 Å². The van der Waals surface area contributed by atoms with Crippen LogP contribution in [0.2, 0.25) is 0 Å². The molecule has 0 amide bonds. The number of ether oxygens (including phenoxy) is 1. The average Bonchev–Trinajstić information content (AvgIpc) is 2.55. The van der Waals surface area contributed by atoms with Gasteiger partial charge in [-0.3, -0.25) is 0 Å². The van der Waals surface area contributed by atoms with Crippen LogP contribution in [0.5, 0.6) is 0 Å². The monoisotopic (exact) mass is 283 g/mol. The smallest absolute Gasteiger partial charge is 0.131 e. The summed E-state index contributed by atoms with van der Waals surface area (Å²) < 4.78 is 5.39. The molecule has 0 radical (unpaired) electrons. The number of morpholine rings is 1. The van der Waals surface area contributed by atoms with Gasteiger partial charge in [0.2, 0.25) is 0 Å². The second-order valence-corrected chi connectivity index (χ2v) is 5.40. The molecule has 2 aromatic rings. The molecule has 1 unspecified atom stereocenters. The van der Waals surface area contributed by atoms with Gasteiger partial charge in [0.05, 0.1) is 19.3 Å². The van der Waals surface area contributed by atoms with Gasteiger partial charge in [0, 0.05) is 19.3 Å². The number of benzene rings is 1. The van der Waals surface area contributed by atoms with E-state index < -0.39 is 0 Å². The Morgan fingerprint density at radius 2 is 1.86 bits per heavy atom. The predicted octanol–water partition coefficient (Wildman–Crippen LogP) is 2.27.